The Morgan fingerprint density at radius 1 is 1.26 bits per heavy atom. The predicted octanol–water partition coefficient (Wildman–Crippen LogP) is 0.732. The first-order valence-electron chi connectivity index (χ1n) is 6.74. The number of carboxylic acid groups (broad SMARTS) is 1. The highest BCUT2D eigenvalue weighted by molar-refractivity contribution is 5.86. The SMILES string of the molecule is COC(=O)CC(O)C(O)c1ccc(-c2cc(C(=O)O)[nH]n2)cc1. The molecule has 23 heavy (non-hydrogen) atoms. The third-order valence-electron chi connectivity index (χ3n) is 3.32. The molecule has 1 aromatic carbocycles. The average molecular weight is 320 g/mol. The normalized spacial score (nSPS) is 13.3. The van der Waals surface area contributed by atoms with E-state index in [1.54, 1.807) is 24.3 Å². The quantitative estimate of drug-likeness (QED) is 0.577. The molecule has 0 saturated heterocycles. The minimum absolute atomic E-state index is 0.0300. The summed E-state index contributed by atoms with van der Waals surface area (Å²) in [5, 5.41) is 34.9. The van der Waals surface area contributed by atoms with Crippen LogP contribution in [-0.4, -0.2) is 50.7 Å². The first-order valence-corrected chi connectivity index (χ1v) is 6.74. The van der Waals surface area contributed by atoms with Crippen molar-refractivity contribution < 1.29 is 29.6 Å². The smallest absolute Gasteiger partial charge is 0.353 e. The van der Waals surface area contributed by atoms with Crippen LogP contribution in [-0.2, 0) is 9.53 Å². The molecule has 8 nitrogen and oxygen atoms in total. The van der Waals surface area contributed by atoms with Crippen molar-refractivity contribution in [3.8, 4) is 11.3 Å². The van der Waals surface area contributed by atoms with Crippen LogP contribution in [0.1, 0.15) is 28.6 Å². The van der Waals surface area contributed by atoms with Crippen molar-refractivity contribution in [2.24, 2.45) is 0 Å². The number of benzene rings is 1. The Balaban J connectivity index is 2.11. The maximum absolute atomic E-state index is 11.1. The van der Waals surface area contributed by atoms with Gasteiger partial charge in [0.05, 0.1) is 25.3 Å². The molecule has 0 aliphatic rings. The first-order chi connectivity index (χ1) is 10.9. The molecule has 0 spiro atoms. The molecule has 0 aliphatic heterocycles. The van der Waals surface area contributed by atoms with Gasteiger partial charge in [0.25, 0.3) is 0 Å². The lowest BCUT2D eigenvalue weighted by Crippen LogP contribution is -2.22. The van der Waals surface area contributed by atoms with Gasteiger partial charge in [-0.2, -0.15) is 5.10 Å². The zero-order valence-corrected chi connectivity index (χ0v) is 12.3. The summed E-state index contributed by atoms with van der Waals surface area (Å²) in [4.78, 5) is 21.9. The third-order valence-corrected chi connectivity index (χ3v) is 3.32. The van der Waals surface area contributed by atoms with E-state index in [-0.39, 0.29) is 12.1 Å². The molecule has 2 rings (SSSR count). The molecular weight excluding hydrogens is 304 g/mol. The summed E-state index contributed by atoms with van der Waals surface area (Å²) in [6, 6.07) is 7.78. The summed E-state index contributed by atoms with van der Waals surface area (Å²) in [5.41, 5.74) is 1.47. The van der Waals surface area contributed by atoms with Gasteiger partial charge < -0.3 is 20.1 Å². The number of methoxy groups -OCH3 is 1. The summed E-state index contributed by atoms with van der Waals surface area (Å²) in [6.07, 6.45) is -2.84. The van der Waals surface area contributed by atoms with Crippen LogP contribution in [0.2, 0.25) is 0 Å². The fraction of sp³-hybridized carbons (Fsp3) is 0.267. The minimum atomic E-state index is -1.28. The molecule has 0 bridgehead atoms. The number of hydrogen-bond acceptors (Lipinski definition) is 6. The number of carbonyl (C=O) groups excluding carboxylic acids is 1. The van der Waals surface area contributed by atoms with Crippen molar-refractivity contribution in [2.75, 3.05) is 7.11 Å². The van der Waals surface area contributed by atoms with Gasteiger partial charge >= 0.3 is 11.9 Å². The minimum Gasteiger partial charge on any atom is -0.477 e. The second-order valence-electron chi connectivity index (χ2n) is 4.89. The number of aromatic carboxylic acids is 1. The molecule has 8 heteroatoms. The molecular formula is C15H16N2O6. The van der Waals surface area contributed by atoms with Crippen LogP contribution < -0.4 is 0 Å². The van der Waals surface area contributed by atoms with E-state index < -0.39 is 24.1 Å². The summed E-state index contributed by atoms with van der Waals surface area (Å²) in [5.74, 6) is -1.73. The fourth-order valence-electron chi connectivity index (χ4n) is 2.02. The molecule has 0 aliphatic carbocycles. The lowest BCUT2D eigenvalue weighted by atomic mass is 10.00. The Morgan fingerprint density at radius 2 is 1.91 bits per heavy atom. The summed E-state index contributed by atoms with van der Waals surface area (Å²) in [7, 11) is 1.20. The maximum Gasteiger partial charge on any atom is 0.353 e. The van der Waals surface area contributed by atoms with Crippen LogP contribution in [0.3, 0.4) is 0 Å². The largest absolute Gasteiger partial charge is 0.477 e. The standard InChI is InChI=1S/C15H16N2O6/c1-23-13(19)7-12(18)14(20)9-4-2-8(3-5-9)10-6-11(15(21)22)17-16-10/h2-6,12,14,18,20H,7H2,1H3,(H,16,17)(H,21,22). The van der Waals surface area contributed by atoms with Crippen LogP contribution in [0.4, 0.5) is 0 Å². The molecule has 0 fully saturated rings. The van der Waals surface area contributed by atoms with Crippen LogP contribution in [0.15, 0.2) is 30.3 Å². The van der Waals surface area contributed by atoms with E-state index in [0.29, 0.717) is 16.8 Å². The van der Waals surface area contributed by atoms with E-state index in [1.807, 2.05) is 0 Å². The van der Waals surface area contributed by atoms with E-state index in [0.717, 1.165) is 0 Å². The lowest BCUT2D eigenvalue weighted by molar-refractivity contribution is -0.144. The van der Waals surface area contributed by atoms with E-state index in [2.05, 4.69) is 14.9 Å². The number of nitrogens with one attached hydrogen (secondary N) is 1. The van der Waals surface area contributed by atoms with Crippen molar-refractivity contribution in [3.05, 3.63) is 41.6 Å². The average Bonchev–Trinajstić information content (AvgIpc) is 3.04. The number of carboxylic acids is 1. The molecule has 1 aromatic heterocycles. The number of rotatable bonds is 6. The number of ether oxygens (including phenoxy) is 1. The molecule has 0 saturated carbocycles. The van der Waals surface area contributed by atoms with Gasteiger partial charge in [0.1, 0.15) is 11.8 Å². The van der Waals surface area contributed by atoms with E-state index in [9.17, 15) is 19.8 Å². The topological polar surface area (TPSA) is 133 Å². The number of esters is 1. The number of carbonyl (C=O) groups is 2. The fourth-order valence-corrected chi connectivity index (χ4v) is 2.02. The van der Waals surface area contributed by atoms with E-state index in [4.69, 9.17) is 5.11 Å². The van der Waals surface area contributed by atoms with Crippen molar-refractivity contribution in [3.63, 3.8) is 0 Å². The summed E-state index contributed by atoms with van der Waals surface area (Å²) >= 11 is 0. The van der Waals surface area contributed by atoms with Crippen LogP contribution in [0.25, 0.3) is 11.3 Å². The van der Waals surface area contributed by atoms with Gasteiger partial charge in [-0.3, -0.25) is 9.89 Å². The van der Waals surface area contributed by atoms with Gasteiger partial charge in [-0.25, -0.2) is 4.79 Å². The Kier molecular flexibility index (Phi) is 5.09. The number of aliphatic hydroxyl groups is 2. The molecule has 2 aromatic rings. The number of aromatic amines is 1. The summed E-state index contributed by atoms with van der Waals surface area (Å²) in [6.45, 7) is 0. The molecule has 4 N–H and O–H groups in total. The Hall–Kier alpha value is -2.71. The second-order valence-corrected chi connectivity index (χ2v) is 4.89. The van der Waals surface area contributed by atoms with Crippen molar-refractivity contribution in [1.82, 2.24) is 10.2 Å². The van der Waals surface area contributed by atoms with Gasteiger partial charge in [0.2, 0.25) is 0 Å². The molecule has 0 amide bonds. The molecule has 0 radical (unpaired) electrons. The number of aromatic nitrogens is 2. The van der Waals surface area contributed by atoms with Crippen molar-refractivity contribution in [1.29, 1.82) is 0 Å². The zero-order chi connectivity index (χ0) is 17.0. The van der Waals surface area contributed by atoms with Crippen LogP contribution in [0.5, 0.6) is 0 Å². The van der Waals surface area contributed by atoms with Crippen LogP contribution in [0, 0.1) is 0 Å². The highest BCUT2D eigenvalue weighted by Gasteiger charge is 2.22. The number of aliphatic hydroxyl groups excluding tert-OH is 2. The third kappa shape index (κ3) is 3.93. The maximum atomic E-state index is 11.1. The zero-order valence-electron chi connectivity index (χ0n) is 12.3. The molecule has 1 heterocycles. The van der Waals surface area contributed by atoms with Crippen molar-refractivity contribution in [2.45, 2.75) is 18.6 Å². The van der Waals surface area contributed by atoms with Crippen LogP contribution >= 0.6 is 0 Å². The Labute approximate surface area is 131 Å². The van der Waals surface area contributed by atoms with Gasteiger partial charge in [-0.1, -0.05) is 24.3 Å². The lowest BCUT2D eigenvalue weighted by Gasteiger charge is -2.17. The van der Waals surface area contributed by atoms with E-state index in [1.165, 1.54) is 13.2 Å². The van der Waals surface area contributed by atoms with Gasteiger partial charge in [0.15, 0.2) is 0 Å². The van der Waals surface area contributed by atoms with Gasteiger partial charge in [-0.15, -0.1) is 0 Å². The highest BCUT2D eigenvalue weighted by atomic mass is 16.5. The molecule has 2 atom stereocenters. The first kappa shape index (κ1) is 16.7. The van der Waals surface area contributed by atoms with Gasteiger partial charge in [-0.05, 0) is 11.6 Å². The Morgan fingerprint density at radius 3 is 2.43 bits per heavy atom. The predicted molar refractivity (Wildman–Crippen MR) is 78.6 cm³/mol. The Bertz CT molecular complexity index is 694. The highest BCUT2D eigenvalue weighted by Crippen LogP contribution is 2.23. The molecule has 2 unspecified atom stereocenters. The number of nitrogens with zero attached hydrogens (tertiary/aromatic N) is 1. The monoisotopic (exact) mass is 320 g/mol. The van der Waals surface area contributed by atoms with Crippen molar-refractivity contribution >= 4 is 11.9 Å². The number of H-pyrrole nitrogens is 1. The summed E-state index contributed by atoms with van der Waals surface area (Å²) < 4.78 is 4.44. The number of hydrogen-bond donors (Lipinski definition) is 4. The molecule has 122 valence electrons. The van der Waals surface area contributed by atoms with E-state index >= 15 is 0 Å². The second kappa shape index (κ2) is 7.03. The van der Waals surface area contributed by atoms with Gasteiger partial charge in [0, 0.05) is 5.56 Å².